The summed E-state index contributed by atoms with van der Waals surface area (Å²) in [5.41, 5.74) is 0. The molecule has 0 spiro atoms. The Kier molecular flexibility index (Phi) is 3.77. The van der Waals surface area contributed by atoms with Crippen molar-refractivity contribution in [3.05, 3.63) is 5.89 Å². The lowest BCUT2D eigenvalue weighted by Crippen LogP contribution is -2.39. The maximum absolute atomic E-state index is 5.64. The number of aromatic nitrogens is 2. The molecule has 1 aromatic rings. The number of anilines is 1. The Morgan fingerprint density at radius 1 is 1.44 bits per heavy atom. The molecule has 0 amide bonds. The number of rotatable bonds is 4. The highest BCUT2D eigenvalue weighted by Gasteiger charge is 2.25. The smallest absolute Gasteiger partial charge is 0.318 e. The highest BCUT2D eigenvalue weighted by molar-refractivity contribution is 5.27. The van der Waals surface area contributed by atoms with Crippen molar-refractivity contribution < 1.29 is 4.42 Å². The van der Waals surface area contributed by atoms with Gasteiger partial charge in [-0.2, -0.15) is 0 Å². The van der Waals surface area contributed by atoms with Crippen molar-refractivity contribution in [3.63, 3.8) is 0 Å². The molecule has 0 radical (unpaired) electrons. The van der Waals surface area contributed by atoms with E-state index in [-0.39, 0.29) is 0 Å². The van der Waals surface area contributed by atoms with E-state index >= 15 is 0 Å². The Labute approximate surface area is 96.2 Å². The van der Waals surface area contributed by atoms with Gasteiger partial charge in [0.25, 0.3) is 0 Å². The van der Waals surface area contributed by atoms with Crippen molar-refractivity contribution in [1.29, 1.82) is 0 Å². The number of nitrogens with one attached hydrogen (secondary N) is 1. The molecule has 1 saturated heterocycles. The molecule has 90 valence electrons. The lowest BCUT2D eigenvalue weighted by molar-refractivity contribution is 0.397. The second-order valence-corrected chi connectivity index (χ2v) is 4.26. The van der Waals surface area contributed by atoms with Crippen LogP contribution in [0.2, 0.25) is 0 Å². The SMILES string of the molecule is CCC1CCCCN1c1nnc(CNC)o1. The standard InChI is InChI=1S/C11H20N4O/c1-3-9-6-4-5-7-15(9)11-14-13-10(16-11)8-12-2/h9,12H,3-8H2,1-2H3. The van der Waals surface area contributed by atoms with Crippen molar-refractivity contribution >= 4 is 6.01 Å². The van der Waals surface area contributed by atoms with E-state index in [1.807, 2.05) is 7.05 Å². The second-order valence-electron chi connectivity index (χ2n) is 4.26. The van der Waals surface area contributed by atoms with Crippen LogP contribution in [-0.4, -0.2) is 29.8 Å². The van der Waals surface area contributed by atoms with Gasteiger partial charge in [0, 0.05) is 12.6 Å². The molecular formula is C11H20N4O. The normalized spacial score (nSPS) is 21.4. The van der Waals surface area contributed by atoms with Crippen LogP contribution in [0, 0.1) is 0 Å². The fourth-order valence-electron chi connectivity index (χ4n) is 2.26. The molecule has 0 aliphatic carbocycles. The van der Waals surface area contributed by atoms with Crippen LogP contribution >= 0.6 is 0 Å². The van der Waals surface area contributed by atoms with Crippen molar-refractivity contribution in [2.45, 2.75) is 45.2 Å². The fraction of sp³-hybridized carbons (Fsp3) is 0.818. The summed E-state index contributed by atoms with van der Waals surface area (Å²) in [5, 5.41) is 11.2. The third kappa shape index (κ3) is 2.35. The molecule has 1 aliphatic rings. The van der Waals surface area contributed by atoms with E-state index in [1.54, 1.807) is 0 Å². The largest absolute Gasteiger partial charge is 0.407 e. The van der Waals surface area contributed by atoms with E-state index in [0.29, 0.717) is 24.5 Å². The number of hydrogen-bond acceptors (Lipinski definition) is 5. The van der Waals surface area contributed by atoms with E-state index in [1.165, 1.54) is 19.3 Å². The van der Waals surface area contributed by atoms with E-state index in [0.717, 1.165) is 13.0 Å². The molecule has 1 N–H and O–H groups in total. The molecule has 1 aromatic heterocycles. The zero-order valence-electron chi connectivity index (χ0n) is 10.1. The first-order valence-electron chi connectivity index (χ1n) is 6.08. The highest BCUT2D eigenvalue weighted by atomic mass is 16.4. The number of hydrogen-bond donors (Lipinski definition) is 1. The minimum absolute atomic E-state index is 0.566. The third-order valence-electron chi connectivity index (χ3n) is 3.13. The predicted octanol–water partition coefficient (Wildman–Crippen LogP) is 1.56. The molecule has 1 atom stereocenters. The molecule has 0 bridgehead atoms. The molecule has 1 fully saturated rings. The molecule has 5 nitrogen and oxygen atoms in total. The Morgan fingerprint density at radius 3 is 3.06 bits per heavy atom. The first-order chi connectivity index (χ1) is 7.85. The predicted molar refractivity (Wildman–Crippen MR) is 62.3 cm³/mol. The number of piperidine rings is 1. The summed E-state index contributed by atoms with van der Waals surface area (Å²) in [6.45, 7) is 3.89. The van der Waals surface area contributed by atoms with E-state index in [4.69, 9.17) is 4.42 Å². The highest BCUT2D eigenvalue weighted by Crippen LogP contribution is 2.25. The topological polar surface area (TPSA) is 54.2 Å². The molecule has 1 aliphatic heterocycles. The van der Waals surface area contributed by atoms with Gasteiger partial charge in [0.15, 0.2) is 0 Å². The van der Waals surface area contributed by atoms with Crippen LogP contribution < -0.4 is 10.2 Å². The van der Waals surface area contributed by atoms with Crippen molar-refractivity contribution in [1.82, 2.24) is 15.5 Å². The van der Waals surface area contributed by atoms with Gasteiger partial charge in [0.1, 0.15) is 0 Å². The van der Waals surface area contributed by atoms with Gasteiger partial charge in [-0.15, -0.1) is 5.10 Å². The monoisotopic (exact) mass is 224 g/mol. The first-order valence-corrected chi connectivity index (χ1v) is 6.08. The van der Waals surface area contributed by atoms with Gasteiger partial charge in [-0.3, -0.25) is 0 Å². The summed E-state index contributed by atoms with van der Waals surface area (Å²) in [6.07, 6.45) is 4.91. The van der Waals surface area contributed by atoms with E-state index in [9.17, 15) is 0 Å². The lowest BCUT2D eigenvalue weighted by atomic mass is 10.0. The summed E-state index contributed by atoms with van der Waals surface area (Å²) in [6, 6.07) is 1.26. The molecule has 16 heavy (non-hydrogen) atoms. The third-order valence-corrected chi connectivity index (χ3v) is 3.13. The summed E-state index contributed by atoms with van der Waals surface area (Å²) in [7, 11) is 1.87. The van der Waals surface area contributed by atoms with Gasteiger partial charge in [0.05, 0.1) is 6.54 Å². The number of nitrogens with zero attached hydrogens (tertiary/aromatic N) is 3. The molecule has 5 heteroatoms. The molecule has 1 unspecified atom stereocenters. The van der Waals surface area contributed by atoms with Gasteiger partial charge >= 0.3 is 6.01 Å². The zero-order valence-corrected chi connectivity index (χ0v) is 10.1. The Bertz CT molecular complexity index is 326. The van der Waals surface area contributed by atoms with E-state index < -0.39 is 0 Å². The van der Waals surface area contributed by atoms with Gasteiger partial charge in [-0.1, -0.05) is 12.0 Å². The second kappa shape index (κ2) is 5.30. The van der Waals surface area contributed by atoms with Crippen LogP contribution in [-0.2, 0) is 6.54 Å². The lowest BCUT2D eigenvalue weighted by Gasteiger charge is -2.33. The van der Waals surface area contributed by atoms with Crippen LogP contribution in [0.4, 0.5) is 6.01 Å². The molecule has 2 rings (SSSR count). The van der Waals surface area contributed by atoms with Gasteiger partial charge in [0.2, 0.25) is 5.89 Å². The van der Waals surface area contributed by atoms with Crippen molar-refractivity contribution in [2.24, 2.45) is 0 Å². The van der Waals surface area contributed by atoms with Crippen LogP contribution in [0.3, 0.4) is 0 Å². The average molecular weight is 224 g/mol. The molecule has 2 heterocycles. The van der Waals surface area contributed by atoms with Crippen LogP contribution in [0.5, 0.6) is 0 Å². The molecule has 0 aromatic carbocycles. The minimum atomic E-state index is 0.566. The van der Waals surface area contributed by atoms with Crippen LogP contribution in [0.15, 0.2) is 4.42 Å². The van der Waals surface area contributed by atoms with Gasteiger partial charge < -0.3 is 14.6 Å². The average Bonchev–Trinajstić information content (AvgIpc) is 2.78. The fourth-order valence-corrected chi connectivity index (χ4v) is 2.26. The Hall–Kier alpha value is -1.10. The van der Waals surface area contributed by atoms with Gasteiger partial charge in [-0.25, -0.2) is 0 Å². The Morgan fingerprint density at radius 2 is 2.31 bits per heavy atom. The molecule has 0 saturated carbocycles. The summed E-state index contributed by atoms with van der Waals surface area (Å²) in [5.74, 6) is 0.665. The minimum Gasteiger partial charge on any atom is -0.407 e. The van der Waals surface area contributed by atoms with Crippen molar-refractivity contribution in [2.75, 3.05) is 18.5 Å². The van der Waals surface area contributed by atoms with Crippen molar-refractivity contribution in [3.8, 4) is 0 Å². The summed E-state index contributed by atoms with van der Waals surface area (Å²) < 4.78 is 5.64. The maximum Gasteiger partial charge on any atom is 0.318 e. The summed E-state index contributed by atoms with van der Waals surface area (Å²) in [4.78, 5) is 2.26. The van der Waals surface area contributed by atoms with E-state index in [2.05, 4.69) is 27.3 Å². The first kappa shape index (κ1) is 11.4. The summed E-state index contributed by atoms with van der Waals surface area (Å²) >= 11 is 0. The van der Waals surface area contributed by atoms with Crippen LogP contribution in [0.25, 0.3) is 0 Å². The quantitative estimate of drug-likeness (QED) is 0.841. The molecular weight excluding hydrogens is 204 g/mol. The zero-order chi connectivity index (χ0) is 11.4. The van der Waals surface area contributed by atoms with Gasteiger partial charge in [-0.05, 0) is 32.7 Å². The Balaban J connectivity index is 2.08. The maximum atomic E-state index is 5.64. The van der Waals surface area contributed by atoms with Crippen LogP contribution in [0.1, 0.15) is 38.5 Å².